The molecule has 0 bridgehead atoms. The van der Waals surface area contributed by atoms with Gasteiger partial charge in [0.1, 0.15) is 0 Å². The minimum atomic E-state index is -1.31. The van der Waals surface area contributed by atoms with Crippen molar-refractivity contribution in [3.63, 3.8) is 0 Å². The minimum Gasteiger partial charge on any atom is -0.370 e. The molecule has 8 nitrogen and oxygen atoms in total. The highest BCUT2D eigenvalue weighted by atomic mass is 16.2. The van der Waals surface area contributed by atoms with Crippen LogP contribution >= 0.6 is 0 Å². The molecule has 0 saturated heterocycles. The summed E-state index contributed by atoms with van der Waals surface area (Å²) < 4.78 is 0. The van der Waals surface area contributed by atoms with E-state index in [1.807, 2.05) is 0 Å². The molecule has 0 fully saturated rings. The molecule has 0 radical (unpaired) electrons. The van der Waals surface area contributed by atoms with Crippen LogP contribution in [0.1, 0.15) is 37.8 Å². The maximum absolute atomic E-state index is 12.7. The molecule has 0 aliphatic carbocycles. The molecule has 2 aromatic rings. The summed E-state index contributed by atoms with van der Waals surface area (Å²) >= 11 is 0. The van der Waals surface area contributed by atoms with E-state index in [9.17, 15) is 19.2 Å². The normalized spacial score (nSPS) is 10.8. The van der Waals surface area contributed by atoms with Gasteiger partial charge in [0.05, 0.1) is 5.41 Å². The molecule has 6 N–H and O–H groups in total. The number of amides is 4. The first-order chi connectivity index (χ1) is 13.6. The van der Waals surface area contributed by atoms with E-state index in [1.165, 1.54) is 13.8 Å². The van der Waals surface area contributed by atoms with Crippen LogP contribution < -0.4 is 22.1 Å². The SMILES string of the molecule is CC(=O)Nc1ccc(C(CCC(N)=O)(C(N)=O)c2ccc(NC(C)=O)cc2)cc1. The Morgan fingerprint density at radius 2 is 1.14 bits per heavy atom. The average molecular weight is 396 g/mol. The van der Waals surface area contributed by atoms with Gasteiger partial charge in [0.15, 0.2) is 0 Å². The lowest BCUT2D eigenvalue weighted by atomic mass is 9.70. The predicted molar refractivity (Wildman–Crippen MR) is 110 cm³/mol. The standard InChI is InChI=1S/C21H24N4O4/c1-13(26)24-17-7-3-15(4-8-17)21(20(23)29,12-11-19(22)28)16-5-9-18(10-6-16)25-14(2)27/h3-10H,11-12H2,1-2H3,(H2,22,28)(H2,23,29)(H,24,26)(H,25,27). The van der Waals surface area contributed by atoms with Crippen molar-refractivity contribution >= 4 is 35.0 Å². The van der Waals surface area contributed by atoms with Crippen molar-refractivity contribution in [1.29, 1.82) is 0 Å². The molecule has 0 spiro atoms. The Morgan fingerprint density at radius 1 is 0.759 bits per heavy atom. The van der Waals surface area contributed by atoms with E-state index >= 15 is 0 Å². The summed E-state index contributed by atoms with van der Waals surface area (Å²) in [7, 11) is 0. The average Bonchev–Trinajstić information content (AvgIpc) is 2.63. The Morgan fingerprint density at radius 3 is 1.41 bits per heavy atom. The maximum atomic E-state index is 12.7. The van der Waals surface area contributed by atoms with E-state index in [4.69, 9.17) is 11.5 Å². The van der Waals surface area contributed by atoms with Gasteiger partial charge in [-0.3, -0.25) is 19.2 Å². The van der Waals surface area contributed by atoms with E-state index in [1.54, 1.807) is 48.5 Å². The van der Waals surface area contributed by atoms with Gasteiger partial charge in [-0.1, -0.05) is 24.3 Å². The number of anilines is 2. The van der Waals surface area contributed by atoms with E-state index in [-0.39, 0.29) is 24.7 Å². The minimum absolute atomic E-state index is 0.0518. The molecular formula is C21H24N4O4. The van der Waals surface area contributed by atoms with E-state index in [0.29, 0.717) is 22.5 Å². The van der Waals surface area contributed by atoms with Crippen molar-refractivity contribution in [3.8, 4) is 0 Å². The van der Waals surface area contributed by atoms with Gasteiger partial charge in [0, 0.05) is 31.6 Å². The monoisotopic (exact) mass is 396 g/mol. The van der Waals surface area contributed by atoms with Gasteiger partial charge in [0.2, 0.25) is 23.6 Å². The number of benzene rings is 2. The van der Waals surface area contributed by atoms with Gasteiger partial charge < -0.3 is 22.1 Å². The molecule has 0 aliphatic heterocycles. The molecule has 0 unspecified atom stereocenters. The summed E-state index contributed by atoms with van der Waals surface area (Å²) in [6, 6.07) is 13.3. The second-order valence-electron chi connectivity index (χ2n) is 6.75. The second-order valence-corrected chi connectivity index (χ2v) is 6.75. The van der Waals surface area contributed by atoms with Crippen LogP contribution in [0.15, 0.2) is 48.5 Å². The Balaban J connectivity index is 2.55. The molecule has 0 heterocycles. The van der Waals surface area contributed by atoms with Crippen molar-refractivity contribution in [1.82, 2.24) is 0 Å². The molecule has 0 aromatic heterocycles. The predicted octanol–water partition coefficient (Wildman–Crippen LogP) is 1.64. The Labute approximate surface area is 168 Å². The molecule has 4 amide bonds. The summed E-state index contributed by atoms with van der Waals surface area (Å²) in [4.78, 5) is 46.6. The third-order valence-corrected chi connectivity index (χ3v) is 4.56. The second kappa shape index (κ2) is 9.01. The third kappa shape index (κ3) is 5.19. The van der Waals surface area contributed by atoms with Crippen LogP contribution in [-0.4, -0.2) is 23.6 Å². The number of hydrogen-bond acceptors (Lipinski definition) is 4. The molecule has 8 heteroatoms. The van der Waals surface area contributed by atoms with Gasteiger partial charge in [-0.05, 0) is 41.8 Å². The summed E-state index contributed by atoms with van der Waals surface area (Å²) in [5.74, 6) is -1.64. The highest BCUT2D eigenvalue weighted by Gasteiger charge is 2.40. The largest absolute Gasteiger partial charge is 0.370 e. The van der Waals surface area contributed by atoms with Crippen molar-refractivity contribution < 1.29 is 19.2 Å². The van der Waals surface area contributed by atoms with Gasteiger partial charge in [-0.2, -0.15) is 0 Å². The zero-order valence-corrected chi connectivity index (χ0v) is 16.3. The summed E-state index contributed by atoms with van der Waals surface area (Å²) in [6.07, 6.45) is 0.0282. The van der Waals surface area contributed by atoms with E-state index in [2.05, 4.69) is 10.6 Å². The number of hydrogen-bond donors (Lipinski definition) is 4. The zero-order chi connectivity index (χ0) is 21.6. The van der Waals surface area contributed by atoms with Gasteiger partial charge in [-0.15, -0.1) is 0 Å². The van der Waals surface area contributed by atoms with Gasteiger partial charge in [0.25, 0.3) is 0 Å². The quantitative estimate of drug-likeness (QED) is 0.537. The fourth-order valence-corrected chi connectivity index (χ4v) is 3.26. The fraction of sp³-hybridized carbons (Fsp3) is 0.238. The Hall–Kier alpha value is -3.68. The van der Waals surface area contributed by atoms with Crippen LogP contribution in [0.25, 0.3) is 0 Å². The molecule has 0 saturated carbocycles. The van der Waals surface area contributed by atoms with Crippen molar-refractivity contribution in [3.05, 3.63) is 59.7 Å². The highest BCUT2D eigenvalue weighted by Crippen LogP contribution is 2.38. The zero-order valence-electron chi connectivity index (χ0n) is 16.3. The molecule has 0 aliphatic rings. The van der Waals surface area contributed by atoms with Gasteiger partial charge >= 0.3 is 0 Å². The molecule has 152 valence electrons. The Kier molecular flexibility index (Phi) is 6.71. The van der Waals surface area contributed by atoms with Crippen LogP contribution in [-0.2, 0) is 24.6 Å². The summed E-state index contributed by atoms with van der Waals surface area (Å²) in [6.45, 7) is 2.79. The highest BCUT2D eigenvalue weighted by molar-refractivity contribution is 5.93. The first-order valence-corrected chi connectivity index (χ1v) is 8.99. The molecule has 29 heavy (non-hydrogen) atoms. The number of carbonyl (C=O) groups excluding carboxylic acids is 4. The Bertz CT molecular complexity index is 861. The lowest BCUT2D eigenvalue weighted by Gasteiger charge is -2.32. The van der Waals surface area contributed by atoms with Crippen LogP contribution in [0.5, 0.6) is 0 Å². The number of rotatable bonds is 8. The summed E-state index contributed by atoms with van der Waals surface area (Å²) in [5.41, 5.74) is 12.1. The maximum Gasteiger partial charge on any atom is 0.232 e. The smallest absolute Gasteiger partial charge is 0.232 e. The van der Waals surface area contributed by atoms with Gasteiger partial charge in [-0.25, -0.2) is 0 Å². The topological polar surface area (TPSA) is 144 Å². The lowest BCUT2D eigenvalue weighted by Crippen LogP contribution is -2.43. The number of carbonyl (C=O) groups is 4. The number of nitrogens with two attached hydrogens (primary N) is 2. The van der Waals surface area contributed by atoms with Crippen LogP contribution in [0, 0.1) is 0 Å². The number of nitrogens with one attached hydrogen (secondary N) is 2. The summed E-state index contributed by atoms with van der Waals surface area (Å²) in [5, 5.41) is 5.32. The van der Waals surface area contributed by atoms with E-state index in [0.717, 1.165) is 0 Å². The number of primary amides is 2. The molecule has 2 aromatic carbocycles. The molecular weight excluding hydrogens is 372 g/mol. The fourth-order valence-electron chi connectivity index (χ4n) is 3.26. The molecule has 0 atom stereocenters. The van der Waals surface area contributed by atoms with E-state index < -0.39 is 17.2 Å². The third-order valence-electron chi connectivity index (χ3n) is 4.56. The first-order valence-electron chi connectivity index (χ1n) is 8.99. The molecule has 2 rings (SSSR count). The van der Waals surface area contributed by atoms with Crippen LogP contribution in [0.2, 0.25) is 0 Å². The lowest BCUT2D eigenvalue weighted by molar-refractivity contribution is -0.123. The van der Waals surface area contributed by atoms with Crippen molar-refractivity contribution in [2.24, 2.45) is 11.5 Å². The van der Waals surface area contributed by atoms with Crippen LogP contribution in [0.4, 0.5) is 11.4 Å². The van der Waals surface area contributed by atoms with Crippen LogP contribution in [0.3, 0.4) is 0 Å². The van der Waals surface area contributed by atoms with Crippen molar-refractivity contribution in [2.75, 3.05) is 10.6 Å². The first kappa shape index (κ1) is 21.6. The van der Waals surface area contributed by atoms with Crippen molar-refractivity contribution in [2.45, 2.75) is 32.1 Å².